The van der Waals surface area contributed by atoms with Crippen LogP contribution in [0.1, 0.15) is 35.7 Å². The topological polar surface area (TPSA) is 123 Å². The molecular weight excluding hydrogens is 512 g/mol. The molecule has 1 unspecified atom stereocenters. The van der Waals surface area contributed by atoms with Crippen molar-refractivity contribution in [1.82, 2.24) is 20.9 Å². The van der Waals surface area contributed by atoms with E-state index in [9.17, 15) is 9.59 Å². The summed E-state index contributed by atoms with van der Waals surface area (Å²) in [5.74, 6) is -0.332. The number of benzene rings is 4. The molecule has 0 aliphatic carbocycles. The second kappa shape index (κ2) is 12.8. The number of hydrogen-bond acceptors (Lipinski definition) is 4. The van der Waals surface area contributed by atoms with Crippen molar-refractivity contribution in [3.63, 3.8) is 0 Å². The Labute approximate surface area is 240 Å². The van der Waals surface area contributed by atoms with Gasteiger partial charge in [0.1, 0.15) is 6.04 Å². The number of carbonyl (C=O) groups excluding carboxylic acids is 2. The molecule has 0 saturated carbocycles. The molecule has 3 atom stereocenters. The van der Waals surface area contributed by atoms with E-state index >= 15 is 0 Å². The average molecular weight is 551 g/mol. The minimum Gasteiger partial charge on any atom is -0.370 e. The molecule has 1 fully saturated rings. The van der Waals surface area contributed by atoms with Crippen LogP contribution in [0.3, 0.4) is 0 Å². The van der Waals surface area contributed by atoms with Crippen LogP contribution in [0.25, 0.3) is 21.5 Å². The Morgan fingerprint density at radius 2 is 1.66 bits per heavy atom. The third kappa shape index (κ3) is 6.84. The normalized spacial score (nSPS) is 18.2. The monoisotopic (exact) mass is 550 g/mol. The van der Waals surface area contributed by atoms with Crippen LogP contribution in [0.15, 0.2) is 84.9 Å². The lowest BCUT2D eigenvalue weighted by atomic mass is 10.0. The molecular formula is C33H38N6O2. The van der Waals surface area contributed by atoms with Crippen molar-refractivity contribution in [2.75, 3.05) is 19.6 Å². The highest BCUT2D eigenvalue weighted by molar-refractivity contribution is 5.98. The first-order chi connectivity index (χ1) is 19.9. The Balaban J connectivity index is 1.28. The highest BCUT2D eigenvalue weighted by Gasteiger charge is 2.35. The van der Waals surface area contributed by atoms with Gasteiger partial charge in [0.05, 0.1) is 6.04 Å². The van der Waals surface area contributed by atoms with E-state index in [1.165, 1.54) is 16.3 Å². The molecule has 0 radical (unpaired) electrons. The molecule has 41 heavy (non-hydrogen) atoms. The third-order valence-electron chi connectivity index (χ3n) is 7.93. The van der Waals surface area contributed by atoms with Crippen LogP contribution in [0, 0.1) is 5.41 Å². The summed E-state index contributed by atoms with van der Waals surface area (Å²) in [5, 5.41) is 21.8. The van der Waals surface area contributed by atoms with Gasteiger partial charge in [-0.1, -0.05) is 79.7 Å². The summed E-state index contributed by atoms with van der Waals surface area (Å²) in [6.45, 7) is 3.51. The molecule has 1 saturated heterocycles. The molecule has 1 aliphatic rings. The molecule has 212 valence electrons. The van der Waals surface area contributed by atoms with Gasteiger partial charge in [-0.15, -0.1) is 0 Å². The molecule has 1 aliphatic heterocycles. The Hall–Kier alpha value is -4.43. The zero-order valence-electron chi connectivity index (χ0n) is 23.4. The van der Waals surface area contributed by atoms with Crippen molar-refractivity contribution in [3.05, 3.63) is 96.1 Å². The van der Waals surface area contributed by atoms with Crippen LogP contribution >= 0.6 is 0 Å². The minimum atomic E-state index is -0.578. The molecule has 0 aromatic heterocycles. The Morgan fingerprint density at radius 1 is 1.00 bits per heavy atom. The number of nitrogens with two attached hydrogens (primary N) is 1. The standard InChI is InChI=1S/C33H38N6O2/c1-2-29(38-33(34)35)30-32(41)39(17-15-22-11-12-23-7-3-5-9-25(23)19-22)18-16-28(37-30)21-36-31(40)27-14-13-24-8-4-6-10-26(24)20-27/h3-14,19-20,28-30,37H,2,15-18,21H2,1H3,(H,36,40)(H4,34,35,38)/t28-,29?,30-/m0/s1. The molecule has 4 aromatic rings. The minimum absolute atomic E-state index is 0.0188. The molecule has 8 nitrogen and oxygen atoms in total. The van der Waals surface area contributed by atoms with Crippen LogP contribution in [0.5, 0.6) is 0 Å². The number of hydrogen-bond donors (Lipinski definition) is 5. The first kappa shape index (κ1) is 28.1. The van der Waals surface area contributed by atoms with Gasteiger partial charge in [0, 0.05) is 31.2 Å². The lowest BCUT2D eigenvalue weighted by Gasteiger charge is -2.31. The lowest BCUT2D eigenvalue weighted by Crippen LogP contribution is -2.59. The zero-order valence-corrected chi connectivity index (χ0v) is 23.4. The molecule has 0 spiro atoms. The number of fused-ring (bicyclic) bond motifs is 2. The van der Waals surface area contributed by atoms with Gasteiger partial charge >= 0.3 is 0 Å². The Bertz CT molecular complexity index is 1550. The average Bonchev–Trinajstić information content (AvgIpc) is 3.15. The van der Waals surface area contributed by atoms with Gasteiger partial charge < -0.3 is 21.3 Å². The van der Waals surface area contributed by atoms with Crippen molar-refractivity contribution in [2.45, 2.75) is 44.3 Å². The second-order valence-corrected chi connectivity index (χ2v) is 10.7. The molecule has 5 rings (SSSR count). The van der Waals surface area contributed by atoms with E-state index in [-0.39, 0.29) is 29.9 Å². The highest BCUT2D eigenvalue weighted by atomic mass is 16.2. The van der Waals surface area contributed by atoms with E-state index in [0.717, 1.165) is 17.2 Å². The highest BCUT2D eigenvalue weighted by Crippen LogP contribution is 2.19. The third-order valence-corrected chi connectivity index (χ3v) is 7.93. The van der Waals surface area contributed by atoms with Gasteiger partial charge in [0.15, 0.2) is 5.96 Å². The Kier molecular flexibility index (Phi) is 8.79. The number of guanidine groups is 1. The molecule has 4 aromatic carbocycles. The summed E-state index contributed by atoms with van der Waals surface area (Å²) >= 11 is 0. The van der Waals surface area contributed by atoms with Crippen LogP contribution < -0.4 is 21.7 Å². The summed E-state index contributed by atoms with van der Waals surface area (Å²) in [6.07, 6.45) is 2.04. The molecule has 1 heterocycles. The van der Waals surface area contributed by atoms with E-state index in [4.69, 9.17) is 11.1 Å². The number of rotatable bonds is 9. The summed E-state index contributed by atoms with van der Waals surface area (Å²) in [4.78, 5) is 28.8. The van der Waals surface area contributed by atoms with E-state index in [0.29, 0.717) is 38.0 Å². The van der Waals surface area contributed by atoms with Crippen molar-refractivity contribution in [3.8, 4) is 0 Å². The van der Waals surface area contributed by atoms with Crippen LogP contribution in [0.4, 0.5) is 0 Å². The summed E-state index contributed by atoms with van der Waals surface area (Å²) in [7, 11) is 0. The maximum absolute atomic E-state index is 13.8. The number of carbonyl (C=O) groups is 2. The predicted octanol–water partition coefficient (Wildman–Crippen LogP) is 3.79. The summed E-state index contributed by atoms with van der Waals surface area (Å²) in [6, 6.07) is 27.3. The fraction of sp³-hybridized carbons (Fsp3) is 0.303. The van der Waals surface area contributed by atoms with Crippen molar-refractivity contribution < 1.29 is 9.59 Å². The fourth-order valence-electron chi connectivity index (χ4n) is 5.63. The maximum atomic E-state index is 13.8. The molecule has 0 bridgehead atoms. The second-order valence-electron chi connectivity index (χ2n) is 10.7. The number of nitrogens with zero attached hydrogens (tertiary/aromatic N) is 1. The van der Waals surface area contributed by atoms with Crippen molar-refractivity contribution in [2.24, 2.45) is 5.73 Å². The van der Waals surface area contributed by atoms with Gasteiger partial charge in [0.25, 0.3) is 5.91 Å². The maximum Gasteiger partial charge on any atom is 0.251 e. The number of amides is 2. The van der Waals surface area contributed by atoms with Crippen LogP contribution in [-0.2, 0) is 11.2 Å². The number of nitrogens with one attached hydrogen (secondary N) is 4. The predicted molar refractivity (Wildman–Crippen MR) is 165 cm³/mol. The van der Waals surface area contributed by atoms with Crippen molar-refractivity contribution >= 4 is 39.3 Å². The largest absolute Gasteiger partial charge is 0.370 e. The van der Waals surface area contributed by atoms with Gasteiger partial charge in [0.2, 0.25) is 5.91 Å². The van der Waals surface area contributed by atoms with Crippen molar-refractivity contribution in [1.29, 1.82) is 5.41 Å². The van der Waals surface area contributed by atoms with Crippen LogP contribution in [0.2, 0.25) is 0 Å². The van der Waals surface area contributed by atoms with Gasteiger partial charge in [-0.25, -0.2) is 0 Å². The summed E-state index contributed by atoms with van der Waals surface area (Å²) in [5.41, 5.74) is 7.46. The quantitative estimate of drug-likeness (QED) is 0.160. The molecule has 2 amide bonds. The Morgan fingerprint density at radius 3 is 2.34 bits per heavy atom. The summed E-state index contributed by atoms with van der Waals surface area (Å²) < 4.78 is 0. The lowest BCUT2D eigenvalue weighted by molar-refractivity contribution is -0.133. The van der Waals surface area contributed by atoms with Gasteiger partial charge in [-0.2, -0.15) is 0 Å². The van der Waals surface area contributed by atoms with Gasteiger partial charge in [-0.05, 0) is 58.5 Å². The fourth-order valence-corrected chi connectivity index (χ4v) is 5.63. The SMILES string of the molecule is CCC(NC(=N)N)[C@@H]1N[C@H](CNC(=O)c2ccc3ccccc3c2)CCN(CCc2ccc3ccccc3c2)C1=O. The first-order valence-electron chi connectivity index (χ1n) is 14.3. The first-order valence-corrected chi connectivity index (χ1v) is 14.3. The molecule has 6 N–H and O–H groups in total. The van der Waals surface area contributed by atoms with E-state index < -0.39 is 6.04 Å². The van der Waals surface area contributed by atoms with E-state index in [1.54, 1.807) is 0 Å². The smallest absolute Gasteiger partial charge is 0.251 e. The zero-order chi connectivity index (χ0) is 28.8. The molecule has 8 heteroatoms. The van der Waals surface area contributed by atoms with E-state index in [1.807, 2.05) is 66.4 Å². The van der Waals surface area contributed by atoms with E-state index in [2.05, 4.69) is 46.3 Å². The van der Waals surface area contributed by atoms with Gasteiger partial charge in [-0.3, -0.25) is 20.3 Å². The van der Waals surface area contributed by atoms with Crippen LogP contribution in [-0.4, -0.2) is 60.4 Å².